The van der Waals surface area contributed by atoms with Gasteiger partial charge in [-0.1, -0.05) is 12.1 Å². The Labute approximate surface area is 205 Å². The monoisotopic (exact) mass is 496 g/mol. The van der Waals surface area contributed by atoms with Crippen LogP contribution in [0.4, 0.5) is 30.9 Å². The van der Waals surface area contributed by atoms with Crippen LogP contribution >= 0.6 is 0 Å². The molecule has 2 aromatic heterocycles. The van der Waals surface area contributed by atoms with Crippen molar-refractivity contribution in [2.75, 3.05) is 67.2 Å². The number of ether oxygens (including phenoxy) is 1. The highest BCUT2D eigenvalue weighted by molar-refractivity contribution is 5.61. The number of halogens is 3. The summed E-state index contributed by atoms with van der Waals surface area (Å²) >= 11 is 0. The fraction of sp³-hybridized carbons (Fsp3) is 0.375. The zero-order valence-corrected chi connectivity index (χ0v) is 19.3. The lowest BCUT2D eigenvalue weighted by atomic mass is 10.1. The van der Waals surface area contributed by atoms with Crippen LogP contribution in [0, 0.1) is 11.3 Å². The van der Waals surface area contributed by atoms with Gasteiger partial charge in [-0.15, -0.1) is 0 Å². The lowest BCUT2D eigenvalue weighted by Gasteiger charge is -2.36. The Balaban J connectivity index is 1.43. The second-order valence-electron chi connectivity index (χ2n) is 8.40. The number of nitriles is 1. The van der Waals surface area contributed by atoms with Gasteiger partial charge in [-0.25, -0.2) is 4.98 Å². The predicted molar refractivity (Wildman–Crippen MR) is 127 cm³/mol. The third kappa shape index (κ3) is 5.01. The van der Waals surface area contributed by atoms with Crippen molar-refractivity contribution in [1.82, 2.24) is 19.9 Å². The second kappa shape index (κ2) is 9.94. The summed E-state index contributed by atoms with van der Waals surface area (Å²) in [5, 5.41) is 9.30. The van der Waals surface area contributed by atoms with Crippen molar-refractivity contribution >= 4 is 17.7 Å². The number of aromatic nitrogens is 4. The Morgan fingerprint density at radius 3 is 2.17 bits per heavy atom. The van der Waals surface area contributed by atoms with Crippen LogP contribution in [-0.2, 0) is 10.9 Å². The van der Waals surface area contributed by atoms with Crippen LogP contribution in [0.5, 0.6) is 0 Å². The highest BCUT2D eigenvalue weighted by Crippen LogP contribution is 2.35. The van der Waals surface area contributed by atoms with E-state index in [1.54, 1.807) is 23.1 Å². The zero-order valence-electron chi connectivity index (χ0n) is 19.3. The highest BCUT2D eigenvalue weighted by atomic mass is 19.4. The minimum absolute atomic E-state index is 0.0664. The standard InChI is InChI=1S/C24H23F3N8O/c25-24(26,27)19-5-2-6-29-21(19)33-7-9-34(10-8-33)22-30-20(18-4-1-3-17(15-18)16-28)31-23(32-22)35-11-13-36-14-12-35/h1-6,15H,7-14H2. The molecule has 0 spiro atoms. The van der Waals surface area contributed by atoms with Gasteiger partial charge in [0.05, 0.1) is 30.4 Å². The Kier molecular flexibility index (Phi) is 6.56. The van der Waals surface area contributed by atoms with Crippen molar-refractivity contribution in [3.05, 3.63) is 53.7 Å². The maximum atomic E-state index is 13.5. The van der Waals surface area contributed by atoms with Crippen molar-refractivity contribution in [3.8, 4) is 17.5 Å². The molecule has 0 amide bonds. The van der Waals surface area contributed by atoms with Crippen molar-refractivity contribution in [1.29, 1.82) is 5.26 Å². The molecular formula is C24H23F3N8O. The van der Waals surface area contributed by atoms with Gasteiger partial charge < -0.3 is 19.4 Å². The van der Waals surface area contributed by atoms with Crippen LogP contribution in [0.3, 0.4) is 0 Å². The number of alkyl halides is 3. The fourth-order valence-electron chi connectivity index (χ4n) is 4.25. The van der Waals surface area contributed by atoms with Crippen molar-refractivity contribution in [2.24, 2.45) is 0 Å². The molecule has 0 aliphatic carbocycles. The summed E-state index contributed by atoms with van der Waals surface area (Å²) in [5.74, 6) is 1.32. The zero-order chi connectivity index (χ0) is 25.1. The highest BCUT2D eigenvalue weighted by Gasteiger charge is 2.36. The summed E-state index contributed by atoms with van der Waals surface area (Å²) in [4.78, 5) is 23.7. The average Bonchev–Trinajstić information content (AvgIpc) is 2.93. The Morgan fingerprint density at radius 2 is 1.50 bits per heavy atom. The molecule has 3 aromatic rings. The van der Waals surface area contributed by atoms with Gasteiger partial charge in [0, 0.05) is 51.0 Å². The summed E-state index contributed by atoms with van der Waals surface area (Å²) in [7, 11) is 0. The first-order valence-electron chi connectivity index (χ1n) is 11.5. The van der Waals surface area contributed by atoms with Gasteiger partial charge >= 0.3 is 6.18 Å². The smallest absolute Gasteiger partial charge is 0.378 e. The second-order valence-corrected chi connectivity index (χ2v) is 8.40. The number of hydrogen-bond donors (Lipinski definition) is 0. The number of nitrogens with zero attached hydrogens (tertiary/aromatic N) is 8. The Morgan fingerprint density at radius 1 is 0.833 bits per heavy atom. The quantitative estimate of drug-likeness (QED) is 0.540. The first-order valence-corrected chi connectivity index (χ1v) is 11.5. The summed E-state index contributed by atoms with van der Waals surface area (Å²) < 4.78 is 45.9. The molecule has 0 saturated carbocycles. The summed E-state index contributed by atoms with van der Waals surface area (Å²) in [6, 6.07) is 11.5. The molecule has 9 nitrogen and oxygen atoms in total. The number of hydrogen-bond acceptors (Lipinski definition) is 9. The van der Waals surface area contributed by atoms with Crippen LogP contribution in [0.15, 0.2) is 42.6 Å². The van der Waals surface area contributed by atoms with E-state index in [1.165, 1.54) is 12.3 Å². The fourth-order valence-corrected chi connectivity index (χ4v) is 4.25. The average molecular weight is 496 g/mol. The van der Waals surface area contributed by atoms with Crippen LogP contribution in [0.1, 0.15) is 11.1 Å². The molecule has 2 saturated heterocycles. The number of rotatable bonds is 4. The van der Waals surface area contributed by atoms with E-state index in [-0.39, 0.29) is 5.82 Å². The first kappa shape index (κ1) is 23.7. The number of pyridine rings is 1. The van der Waals surface area contributed by atoms with Crippen molar-refractivity contribution in [2.45, 2.75) is 6.18 Å². The molecule has 12 heteroatoms. The topological polar surface area (TPSA) is 94.3 Å². The summed E-state index contributed by atoms with van der Waals surface area (Å²) in [5.41, 5.74) is 0.439. The largest absolute Gasteiger partial charge is 0.419 e. The SMILES string of the molecule is N#Cc1cccc(-c2nc(N3CCOCC3)nc(N3CCN(c4ncccc4C(F)(F)F)CC3)n2)c1. The molecule has 0 bridgehead atoms. The molecule has 36 heavy (non-hydrogen) atoms. The normalized spacial score (nSPS) is 16.7. The molecule has 0 N–H and O–H groups in total. The van der Waals surface area contributed by atoms with Crippen molar-refractivity contribution in [3.63, 3.8) is 0 Å². The van der Waals surface area contributed by atoms with E-state index in [4.69, 9.17) is 9.72 Å². The molecular weight excluding hydrogens is 473 g/mol. The van der Waals surface area contributed by atoms with Crippen LogP contribution < -0.4 is 14.7 Å². The maximum Gasteiger partial charge on any atom is 0.419 e. The van der Waals surface area contributed by atoms with Crippen LogP contribution in [0.2, 0.25) is 0 Å². The van der Waals surface area contributed by atoms with E-state index in [2.05, 4.69) is 21.0 Å². The molecule has 2 aliphatic rings. The number of morpholine rings is 1. The molecule has 0 unspecified atom stereocenters. The van der Waals surface area contributed by atoms with Gasteiger partial charge in [-0.05, 0) is 24.3 Å². The Hall–Kier alpha value is -3.98. The first-order chi connectivity index (χ1) is 17.4. The number of benzene rings is 1. The molecule has 4 heterocycles. The third-order valence-electron chi connectivity index (χ3n) is 6.11. The van der Waals surface area contributed by atoms with Gasteiger partial charge in [0.1, 0.15) is 5.82 Å². The molecule has 0 atom stereocenters. The van der Waals surface area contributed by atoms with E-state index in [9.17, 15) is 18.4 Å². The van der Waals surface area contributed by atoms with Crippen molar-refractivity contribution < 1.29 is 17.9 Å². The van der Waals surface area contributed by atoms with Gasteiger partial charge in [-0.3, -0.25) is 0 Å². The van der Waals surface area contributed by atoms with Crippen LogP contribution in [0.25, 0.3) is 11.4 Å². The minimum atomic E-state index is -4.48. The molecule has 1 aromatic carbocycles. The number of piperazine rings is 1. The maximum absolute atomic E-state index is 13.5. The summed E-state index contributed by atoms with van der Waals surface area (Å²) in [6.45, 7) is 3.88. The minimum Gasteiger partial charge on any atom is -0.378 e. The molecule has 2 aliphatic heterocycles. The number of anilines is 3. The molecule has 186 valence electrons. The lowest BCUT2D eigenvalue weighted by molar-refractivity contribution is -0.137. The van der Waals surface area contributed by atoms with E-state index in [1.807, 2.05) is 15.9 Å². The van der Waals surface area contributed by atoms with E-state index in [0.717, 1.165) is 6.07 Å². The third-order valence-corrected chi connectivity index (χ3v) is 6.11. The predicted octanol–water partition coefficient (Wildman–Crippen LogP) is 2.99. The van der Waals surface area contributed by atoms with E-state index >= 15 is 0 Å². The molecule has 0 radical (unpaired) electrons. The van der Waals surface area contributed by atoms with E-state index < -0.39 is 11.7 Å². The Bertz CT molecular complexity index is 1260. The van der Waals surface area contributed by atoms with Gasteiger partial charge in [0.15, 0.2) is 5.82 Å². The van der Waals surface area contributed by atoms with E-state index in [0.29, 0.717) is 81.3 Å². The van der Waals surface area contributed by atoms with Gasteiger partial charge in [0.2, 0.25) is 11.9 Å². The lowest BCUT2D eigenvalue weighted by Crippen LogP contribution is -2.48. The van der Waals surface area contributed by atoms with Crippen LogP contribution in [-0.4, -0.2) is 72.4 Å². The molecule has 2 fully saturated rings. The van der Waals surface area contributed by atoms with Gasteiger partial charge in [-0.2, -0.15) is 33.4 Å². The molecule has 5 rings (SSSR count). The summed E-state index contributed by atoms with van der Waals surface area (Å²) in [6.07, 6.45) is -3.10. The van der Waals surface area contributed by atoms with Gasteiger partial charge in [0.25, 0.3) is 0 Å².